The van der Waals surface area contributed by atoms with Crippen LogP contribution in [-0.2, 0) is 10.0 Å². The van der Waals surface area contributed by atoms with Crippen LogP contribution in [0.1, 0.15) is 10.4 Å². The van der Waals surface area contributed by atoms with E-state index in [-0.39, 0.29) is 12.5 Å². The summed E-state index contributed by atoms with van der Waals surface area (Å²) in [6.45, 7) is 0.563. The molecule has 0 aromatic heterocycles. The van der Waals surface area contributed by atoms with Crippen molar-refractivity contribution in [2.45, 2.75) is 0 Å². The van der Waals surface area contributed by atoms with Crippen LogP contribution >= 0.6 is 0 Å². The number of carbonyl (C=O) groups excluding carboxylic acids is 1. The van der Waals surface area contributed by atoms with Crippen LogP contribution in [0.2, 0.25) is 0 Å². The van der Waals surface area contributed by atoms with Crippen LogP contribution in [0.3, 0.4) is 0 Å². The van der Waals surface area contributed by atoms with Gasteiger partial charge in [0.25, 0.3) is 5.91 Å². The van der Waals surface area contributed by atoms with Crippen LogP contribution in [0, 0.1) is 0 Å². The normalized spacial score (nSPS) is 10.8. The summed E-state index contributed by atoms with van der Waals surface area (Å²) < 4.78 is 35.6. The van der Waals surface area contributed by atoms with E-state index in [4.69, 9.17) is 9.47 Å². The second-order valence-corrected chi connectivity index (χ2v) is 6.96. The monoisotopic (exact) mass is 364 g/mol. The van der Waals surface area contributed by atoms with Crippen LogP contribution < -0.4 is 19.5 Å². The molecule has 0 aliphatic heterocycles. The molecule has 2 aromatic rings. The number of para-hydroxylation sites is 2. The molecule has 0 heterocycles. The van der Waals surface area contributed by atoms with Gasteiger partial charge < -0.3 is 14.8 Å². The average molecular weight is 364 g/mol. The van der Waals surface area contributed by atoms with E-state index in [1.54, 1.807) is 37.4 Å². The number of ether oxygens (including phenoxy) is 2. The smallest absolute Gasteiger partial charge is 0.251 e. The zero-order valence-corrected chi connectivity index (χ0v) is 14.8. The van der Waals surface area contributed by atoms with Gasteiger partial charge in [0.1, 0.15) is 6.61 Å². The summed E-state index contributed by atoms with van der Waals surface area (Å²) in [5.74, 6) is 0.896. The Labute approximate surface area is 147 Å². The highest BCUT2D eigenvalue weighted by Gasteiger charge is 2.08. The molecule has 134 valence electrons. The number of carbonyl (C=O) groups is 1. The van der Waals surface area contributed by atoms with Crippen molar-refractivity contribution in [3.05, 3.63) is 54.1 Å². The fraction of sp³-hybridized carbons (Fsp3) is 0.235. The Hall–Kier alpha value is -2.74. The zero-order valence-electron chi connectivity index (χ0n) is 14.0. The largest absolute Gasteiger partial charge is 0.493 e. The lowest BCUT2D eigenvalue weighted by Crippen LogP contribution is -2.28. The van der Waals surface area contributed by atoms with Crippen LogP contribution in [-0.4, -0.2) is 40.8 Å². The SMILES string of the molecule is COc1ccccc1OCCNC(=O)c1cccc(NS(C)(=O)=O)c1. The van der Waals surface area contributed by atoms with Gasteiger partial charge in [0.15, 0.2) is 11.5 Å². The third kappa shape index (κ3) is 6.00. The molecule has 7 nitrogen and oxygen atoms in total. The van der Waals surface area contributed by atoms with Crippen molar-refractivity contribution in [1.29, 1.82) is 0 Å². The molecule has 0 saturated heterocycles. The van der Waals surface area contributed by atoms with Gasteiger partial charge >= 0.3 is 0 Å². The summed E-state index contributed by atoms with van der Waals surface area (Å²) in [5, 5.41) is 2.71. The molecule has 0 aliphatic rings. The highest BCUT2D eigenvalue weighted by molar-refractivity contribution is 7.92. The Balaban J connectivity index is 1.87. The molecule has 0 bridgehead atoms. The van der Waals surface area contributed by atoms with Crippen molar-refractivity contribution in [2.75, 3.05) is 31.2 Å². The summed E-state index contributed by atoms with van der Waals surface area (Å²) in [6.07, 6.45) is 1.05. The molecule has 0 aliphatic carbocycles. The van der Waals surface area contributed by atoms with Crippen molar-refractivity contribution in [3.63, 3.8) is 0 Å². The molecule has 25 heavy (non-hydrogen) atoms. The standard InChI is InChI=1S/C17H20N2O5S/c1-23-15-8-3-4-9-16(15)24-11-10-18-17(20)13-6-5-7-14(12-13)19-25(2,21)22/h3-9,12,19H,10-11H2,1-2H3,(H,18,20). The quantitative estimate of drug-likeness (QED) is 0.698. The summed E-state index contributed by atoms with van der Waals surface area (Å²) in [5.41, 5.74) is 0.686. The minimum Gasteiger partial charge on any atom is -0.493 e. The topological polar surface area (TPSA) is 93.7 Å². The van der Waals surface area contributed by atoms with Gasteiger partial charge in [0.2, 0.25) is 10.0 Å². The van der Waals surface area contributed by atoms with E-state index >= 15 is 0 Å². The Morgan fingerprint density at radius 3 is 2.48 bits per heavy atom. The molecule has 0 radical (unpaired) electrons. The summed E-state index contributed by atoms with van der Waals surface area (Å²) in [6, 6.07) is 13.5. The summed E-state index contributed by atoms with van der Waals surface area (Å²) in [7, 11) is -1.83. The molecule has 0 spiro atoms. The Morgan fingerprint density at radius 1 is 1.08 bits per heavy atom. The first-order valence-electron chi connectivity index (χ1n) is 7.51. The van der Waals surface area contributed by atoms with Gasteiger partial charge in [0.05, 0.1) is 19.9 Å². The van der Waals surface area contributed by atoms with Gasteiger partial charge in [-0.3, -0.25) is 9.52 Å². The molecule has 0 unspecified atom stereocenters. The van der Waals surface area contributed by atoms with Crippen molar-refractivity contribution >= 4 is 21.6 Å². The minimum atomic E-state index is -3.39. The molecule has 2 N–H and O–H groups in total. The Bertz CT molecular complexity index is 836. The van der Waals surface area contributed by atoms with Crippen molar-refractivity contribution in [2.24, 2.45) is 0 Å². The number of hydrogen-bond acceptors (Lipinski definition) is 5. The summed E-state index contributed by atoms with van der Waals surface area (Å²) >= 11 is 0. The van der Waals surface area contributed by atoms with Gasteiger partial charge in [-0.2, -0.15) is 0 Å². The highest BCUT2D eigenvalue weighted by atomic mass is 32.2. The van der Waals surface area contributed by atoms with E-state index in [2.05, 4.69) is 10.0 Å². The maximum atomic E-state index is 12.1. The molecular formula is C17H20N2O5S. The van der Waals surface area contributed by atoms with Crippen LogP contribution in [0.5, 0.6) is 11.5 Å². The highest BCUT2D eigenvalue weighted by Crippen LogP contribution is 2.25. The lowest BCUT2D eigenvalue weighted by molar-refractivity contribution is 0.0947. The number of hydrogen-bond donors (Lipinski definition) is 2. The van der Waals surface area contributed by atoms with E-state index in [0.717, 1.165) is 6.26 Å². The van der Waals surface area contributed by atoms with Gasteiger partial charge in [-0.25, -0.2) is 8.42 Å². The van der Waals surface area contributed by atoms with Crippen LogP contribution in [0.15, 0.2) is 48.5 Å². The van der Waals surface area contributed by atoms with E-state index in [9.17, 15) is 13.2 Å². The minimum absolute atomic E-state index is 0.271. The van der Waals surface area contributed by atoms with Gasteiger partial charge in [-0.15, -0.1) is 0 Å². The maximum absolute atomic E-state index is 12.1. The number of amides is 1. The number of methoxy groups -OCH3 is 1. The maximum Gasteiger partial charge on any atom is 0.251 e. The average Bonchev–Trinajstić information content (AvgIpc) is 2.57. The molecule has 0 atom stereocenters. The Kier molecular flexibility index (Phi) is 6.24. The fourth-order valence-electron chi connectivity index (χ4n) is 2.10. The number of sulfonamides is 1. The number of benzene rings is 2. The second-order valence-electron chi connectivity index (χ2n) is 5.21. The predicted molar refractivity (Wildman–Crippen MR) is 95.7 cm³/mol. The van der Waals surface area contributed by atoms with Crippen LogP contribution in [0.25, 0.3) is 0 Å². The van der Waals surface area contributed by atoms with Crippen molar-refractivity contribution < 1.29 is 22.7 Å². The Morgan fingerprint density at radius 2 is 1.80 bits per heavy atom. The van der Waals surface area contributed by atoms with E-state index < -0.39 is 10.0 Å². The fourth-order valence-corrected chi connectivity index (χ4v) is 2.66. The molecule has 2 rings (SSSR count). The first-order chi connectivity index (χ1) is 11.9. The molecular weight excluding hydrogens is 344 g/mol. The number of nitrogens with one attached hydrogen (secondary N) is 2. The molecule has 0 saturated carbocycles. The van der Waals surface area contributed by atoms with E-state index in [1.807, 2.05) is 12.1 Å². The lowest BCUT2D eigenvalue weighted by Gasteiger charge is -2.11. The number of anilines is 1. The van der Waals surface area contributed by atoms with Crippen molar-refractivity contribution in [1.82, 2.24) is 5.32 Å². The third-order valence-electron chi connectivity index (χ3n) is 3.14. The lowest BCUT2D eigenvalue weighted by atomic mass is 10.2. The molecule has 1 amide bonds. The van der Waals surface area contributed by atoms with E-state index in [0.29, 0.717) is 29.3 Å². The van der Waals surface area contributed by atoms with Gasteiger partial charge in [-0.1, -0.05) is 18.2 Å². The molecule has 8 heteroatoms. The third-order valence-corrected chi connectivity index (χ3v) is 3.75. The van der Waals surface area contributed by atoms with Gasteiger partial charge in [0, 0.05) is 11.3 Å². The van der Waals surface area contributed by atoms with E-state index in [1.165, 1.54) is 6.07 Å². The van der Waals surface area contributed by atoms with Gasteiger partial charge in [-0.05, 0) is 30.3 Å². The number of rotatable bonds is 8. The molecule has 0 fully saturated rings. The summed E-state index contributed by atoms with van der Waals surface area (Å²) in [4.78, 5) is 12.1. The molecule has 2 aromatic carbocycles. The first-order valence-corrected chi connectivity index (χ1v) is 9.40. The van der Waals surface area contributed by atoms with Crippen molar-refractivity contribution in [3.8, 4) is 11.5 Å². The predicted octanol–water partition coefficient (Wildman–Crippen LogP) is 1.88. The zero-order chi connectivity index (χ0) is 18.3. The second kappa shape index (κ2) is 8.39. The van der Waals surface area contributed by atoms with Crippen LogP contribution in [0.4, 0.5) is 5.69 Å². The first kappa shape index (κ1) is 18.6.